The van der Waals surface area contributed by atoms with E-state index in [-0.39, 0.29) is 44.3 Å². The molecule has 1 aromatic heterocycles. The van der Waals surface area contributed by atoms with Gasteiger partial charge in [-0.3, -0.25) is 10.8 Å². The van der Waals surface area contributed by atoms with E-state index in [0.717, 1.165) is 42.0 Å². The van der Waals surface area contributed by atoms with Crippen LogP contribution in [0, 0.1) is 10.8 Å². The number of benzene rings is 2. The summed E-state index contributed by atoms with van der Waals surface area (Å²) in [5, 5.41) is 17.0. The van der Waals surface area contributed by atoms with Crippen LogP contribution < -0.4 is 11.5 Å². The number of nitrogens with one attached hydrogen (secondary N) is 2. The summed E-state index contributed by atoms with van der Waals surface area (Å²) in [4.78, 5) is 0. The third-order valence-corrected chi connectivity index (χ3v) is 6.62. The van der Waals surface area contributed by atoms with Crippen LogP contribution in [0.3, 0.4) is 0 Å². The lowest BCUT2D eigenvalue weighted by atomic mass is 10.1. The molecule has 0 bridgehead atoms. The van der Waals surface area contributed by atoms with E-state index >= 15 is 0 Å². The molecule has 0 aliphatic rings. The Morgan fingerprint density at radius 3 is 1.52 bits per heavy atom. The van der Waals surface area contributed by atoms with Crippen molar-refractivity contribution in [1.82, 2.24) is 0 Å². The van der Waals surface area contributed by atoms with E-state index in [1.165, 1.54) is 23.5 Å². The highest BCUT2D eigenvalue weighted by atomic mass is 79.9. The van der Waals surface area contributed by atoms with Crippen molar-refractivity contribution in [3.63, 3.8) is 0 Å². The van der Waals surface area contributed by atoms with Crippen molar-refractivity contribution < 1.29 is 4.42 Å². The molecule has 0 aliphatic carbocycles. The fraction of sp³-hybridized carbons (Fsp3) is 0.125. The average Bonchev–Trinajstić information content (AvgIpc) is 2.91. The lowest BCUT2D eigenvalue weighted by Crippen LogP contribution is -2.04. The van der Waals surface area contributed by atoms with E-state index in [9.17, 15) is 0 Å². The third kappa shape index (κ3) is 5.45. The number of hydrogen-bond acceptors (Lipinski definition) is 5. The fourth-order valence-corrected chi connectivity index (χ4v) is 4.98. The summed E-state index contributed by atoms with van der Waals surface area (Å²) in [6.45, 7) is 0. The van der Waals surface area contributed by atoms with Gasteiger partial charge in [0.15, 0.2) is 10.3 Å². The molecule has 0 atom stereocenters. The number of halogens is 4. The molecule has 6 N–H and O–H groups in total. The summed E-state index contributed by atoms with van der Waals surface area (Å²) < 4.78 is 8.08. The molecule has 0 unspecified atom stereocenters. The van der Waals surface area contributed by atoms with Gasteiger partial charge in [0.25, 0.3) is 0 Å². The first-order valence-corrected chi connectivity index (χ1v) is 10.7. The van der Waals surface area contributed by atoms with Crippen molar-refractivity contribution >= 4 is 122 Å². The van der Waals surface area contributed by atoms with Gasteiger partial charge < -0.3 is 15.9 Å². The molecular formula is C16H16Br4N4OS2. The van der Waals surface area contributed by atoms with E-state index in [1.54, 1.807) is 0 Å². The Hall–Kier alpha value is -0.200. The number of thioether (sulfide) groups is 2. The van der Waals surface area contributed by atoms with Crippen LogP contribution in [-0.2, 0) is 11.5 Å². The fourth-order valence-electron chi connectivity index (χ4n) is 2.54. The summed E-state index contributed by atoms with van der Waals surface area (Å²) in [5.41, 5.74) is 14.5. The zero-order chi connectivity index (χ0) is 18.1. The van der Waals surface area contributed by atoms with Crippen LogP contribution >= 0.6 is 89.3 Å². The maximum atomic E-state index is 7.44. The second kappa shape index (κ2) is 10.5. The van der Waals surface area contributed by atoms with Crippen molar-refractivity contribution in [2.24, 2.45) is 11.5 Å². The Morgan fingerprint density at radius 1 is 0.815 bits per heavy atom. The highest BCUT2D eigenvalue weighted by Gasteiger charge is 2.18. The Morgan fingerprint density at radius 2 is 1.19 bits per heavy atom. The predicted octanol–water partition coefficient (Wildman–Crippen LogP) is 6.52. The maximum absolute atomic E-state index is 7.44. The van der Waals surface area contributed by atoms with E-state index in [4.69, 9.17) is 26.7 Å². The Bertz CT molecular complexity index is 931. The van der Waals surface area contributed by atoms with Gasteiger partial charge >= 0.3 is 0 Å². The molecule has 3 aromatic rings. The Kier molecular flexibility index (Phi) is 9.70. The number of hydrogen-bond donors (Lipinski definition) is 4. The molecule has 0 aliphatic heterocycles. The number of fused-ring (bicyclic) bond motifs is 3. The quantitative estimate of drug-likeness (QED) is 0.188. The first-order valence-electron chi connectivity index (χ1n) is 7.13. The van der Waals surface area contributed by atoms with Crippen LogP contribution in [0.5, 0.6) is 0 Å². The van der Waals surface area contributed by atoms with Gasteiger partial charge in [-0.15, -0.1) is 34.0 Å². The van der Waals surface area contributed by atoms with Crippen molar-refractivity contribution in [1.29, 1.82) is 10.8 Å². The minimum absolute atomic E-state index is 0. The lowest BCUT2D eigenvalue weighted by molar-refractivity contribution is 0.661. The van der Waals surface area contributed by atoms with Crippen LogP contribution in [0.1, 0.15) is 11.1 Å². The zero-order valence-electron chi connectivity index (χ0n) is 13.7. The van der Waals surface area contributed by atoms with Gasteiger partial charge in [-0.2, -0.15) is 0 Å². The molecule has 0 amide bonds. The van der Waals surface area contributed by atoms with Gasteiger partial charge in [0.1, 0.15) is 11.2 Å². The Balaban J connectivity index is 0.00000182. The van der Waals surface area contributed by atoms with E-state index < -0.39 is 0 Å². The van der Waals surface area contributed by atoms with Gasteiger partial charge in [0, 0.05) is 42.4 Å². The molecule has 0 saturated carbocycles. The molecule has 146 valence electrons. The van der Waals surface area contributed by atoms with Gasteiger partial charge in [-0.1, -0.05) is 55.4 Å². The average molecular weight is 664 g/mol. The third-order valence-electron chi connectivity index (χ3n) is 3.64. The molecular weight excluding hydrogens is 648 g/mol. The molecule has 2 aromatic carbocycles. The largest absolute Gasteiger partial charge is 0.455 e. The first-order chi connectivity index (χ1) is 11.9. The molecule has 5 nitrogen and oxygen atoms in total. The van der Waals surface area contributed by atoms with Crippen molar-refractivity contribution in [3.8, 4) is 0 Å². The van der Waals surface area contributed by atoms with Crippen molar-refractivity contribution in [2.75, 3.05) is 0 Å². The van der Waals surface area contributed by atoms with Crippen LogP contribution in [-0.4, -0.2) is 10.3 Å². The van der Waals surface area contributed by atoms with Gasteiger partial charge in [-0.25, -0.2) is 0 Å². The normalized spacial score (nSPS) is 10.4. The van der Waals surface area contributed by atoms with E-state index in [1.807, 2.05) is 24.3 Å². The van der Waals surface area contributed by atoms with Gasteiger partial charge in [0.2, 0.25) is 0 Å². The summed E-state index contributed by atoms with van der Waals surface area (Å²) in [7, 11) is 0. The van der Waals surface area contributed by atoms with Crippen LogP contribution in [0.25, 0.3) is 21.9 Å². The number of furan rings is 1. The second-order valence-corrected chi connectivity index (χ2v) is 8.96. The van der Waals surface area contributed by atoms with Crippen molar-refractivity contribution in [2.45, 2.75) is 11.5 Å². The molecule has 1 heterocycles. The number of rotatable bonds is 4. The highest BCUT2D eigenvalue weighted by Crippen LogP contribution is 2.40. The molecule has 3 rings (SSSR count). The predicted molar refractivity (Wildman–Crippen MR) is 136 cm³/mol. The second-order valence-electron chi connectivity index (χ2n) is 5.21. The Labute approximate surface area is 202 Å². The van der Waals surface area contributed by atoms with Crippen LogP contribution in [0.15, 0.2) is 37.6 Å². The van der Waals surface area contributed by atoms with Gasteiger partial charge in [-0.05, 0) is 24.3 Å². The SMILES string of the molecule is Br.Br.N=C(N)SCc1c(Br)ccc2c1oc1c(CSC(=N)N)c(Br)ccc12. The van der Waals surface area contributed by atoms with E-state index in [2.05, 4.69) is 31.9 Å². The minimum Gasteiger partial charge on any atom is -0.455 e. The molecule has 0 fully saturated rings. The summed E-state index contributed by atoms with van der Waals surface area (Å²) >= 11 is 9.65. The van der Waals surface area contributed by atoms with Crippen LogP contribution in [0.4, 0.5) is 0 Å². The monoisotopic (exact) mass is 660 g/mol. The standard InChI is InChI=1S/C16H14Br2N4OS2.2BrH/c17-11-3-1-7-8-2-4-12(18)10(6-25-16(21)22)14(8)23-13(7)9(11)5-24-15(19)20;;/h1-4H,5-6H2,(H3,19,20)(H3,21,22);2*1H. The van der Waals surface area contributed by atoms with Crippen LogP contribution in [0.2, 0.25) is 0 Å². The molecule has 27 heavy (non-hydrogen) atoms. The summed E-state index contributed by atoms with van der Waals surface area (Å²) in [6, 6.07) is 8.00. The highest BCUT2D eigenvalue weighted by molar-refractivity contribution is 9.10. The summed E-state index contributed by atoms with van der Waals surface area (Å²) in [5.74, 6) is 1.09. The first kappa shape index (κ1) is 24.8. The molecule has 0 radical (unpaired) electrons. The topological polar surface area (TPSA) is 113 Å². The smallest absolute Gasteiger partial charge is 0.151 e. The molecule has 11 heteroatoms. The molecule has 0 spiro atoms. The number of nitrogens with two attached hydrogens (primary N) is 2. The summed E-state index contributed by atoms with van der Waals surface area (Å²) in [6.07, 6.45) is 0. The minimum atomic E-state index is 0. The lowest BCUT2D eigenvalue weighted by Gasteiger charge is -2.04. The maximum Gasteiger partial charge on any atom is 0.151 e. The van der Waals surface area contributed by atoms with Gasteiger partial charge in [0.05, 0.1) is 0 Å². The molecule has 0 saturated heterocycles. The number of amidine groups is 2. The van der Waals surface area contributed by atoms with E-state index in [0.29, 0.717) is 11.5 Å². The zero-order valence-corrected chi connectivity index (χ0v) is 21.9. The van der Waals surface area contributed by atoms with Crippen molar-refractivity contribution in [3.05, 3.63) is 44.3 Å².